The molecule has 1 heterocycles. The second-order valence-corrected chi connectivity index (χ2v) is 2.33. The van der Waals surface area contributed by atoms with Gasteiger partial charge in [0.1, 0.15) is 0 Å². The zero-order chi connectivity index (χ0) is 8.81. The Morgan fingerprint density at radius 2 is 2.50 bits per heavy atom. The number of aromatic amines is 1. The molecule has 0 aliphatic rings. The summed E-state index contributed by atoms with van der Waals surface area (Å²) in [5, 5.41) is 6.76. The summed E-state index contributed by atoms with van der Waals surface area (Å²) >= 11 is 0. The van der Waals surface area contributed by atoms with Crippen LogP contribution >= 0.6 is 0 Å². The molecule has 0 atom stereocenters. The molecule has 2 heteroatoms. The fourth-order valence-electron chi connectivity index (χ4n) is 0.958. The van der Waals surface area contributed by atoms with Gasteiger partial charge in [-0.25, -0.2) is 0 Å². The van der Waals surface area contributed by atoms with Gasteiger partial charge in [0.15, 0.2) is 0 Å². The summed E-state index contributed by atoms with van der Waals surface area (Å²) in [7, 11) is 0. The van der Waals surface area contributed by atoms with E-state index >= 15 is 0 Å². The number of aromatic nitrogens is 2. The second-order valence-electron chi connectivity index (χ2n) is 2.33. The van der Waals surface area contributed by atoms with Crippen LogP contribution in [0.25, 0.3) is 5.57 Å². The maximum atomic E-state index is 3.87. The summed E-state index contributed by atoms with van der Waals surface area (Å²) in [5.74, 6) is 0. The summed E-state index contributed by atoms with van der Waals surface area (Å²) < 4.78 is 0. The molecule has 1 rings (SSSR count). The van der Waals surface area contributed by atoms with Crippen molar-refractivity contribution in [1.29, 1.82) is 0 Å². The van der Waals surface area contributed by atoms with Crippen molar-refractivity contribution in [3.8, 4) is 0 Å². The lowest BCUT2D eigenvalue weighted by Gasteiger charge is -1.94. The van der Waals surface area contributed by atoms with Crippen LogP contribution in [0.1, 0.15) is 12.6 Å². The van der Waals surface area contributed by atoms with Crippen LogP contribution in [0, 0.1) is 0 Å². The lowest BCUT2D eigenvalue weighted by molar-refractivity contribution is 1.08. The van der Waals surface area contributed by atoms with E-state index in [9.17, 15) is 0 Å². The molecule has 0 radical (unpaired) electrons. The molecule has 0 saturated heterocycles. The standard InChI is InChI=1S/C10H12N2/c1-3-5-9(6-4-2)10-7-8-11-12-10/h3-8H,1H2,2H3,(H,11,12)/b6-4-,9-5+. The minimum atomic E-state index is 1.01. The van der Waals surface area contributed by atoms with Crippen molar-refractivity contribution < 1.29 is 0 Å². The normalized spacial score (nSPS) is 12.2. The molecule has 1 aromatic heterocycles. The van der Waals surface area contributed by atoms with E-state index in [1.165, 1.54) is 0 Å². The summed E-state index contributed by atoms with van der Waals surface area (Å²) in [4.78, 5) is 0. The van der Waals surface area contributed by atoms with Gasteiger partial charge in [0, 0.05) is 6.20 Å². The molecule has 62 valence electrons. The topological polar surface area (TPSA) is 28.7 Å². The average molecular weight is 160 g/mol. The monoisotopic (exact) mass is 160 g/mol. The first kappa shape index (κ1) is 8.53. The van der Waals surface area contributed by atoms with Crippen molar-refractivity contribution in [3.05, 3.63) is 48.8 Å². The molecular weight excluding hydrogens is 148 g/mol. The number of allylic oxidation sites excluding steroid dienone is 5. The molecule has 1 N–H and O–H groups in total. The molecule has 0 bridgehead atoms. The minimum absolute atomic E-state index is 1.01. The fourth-order valence-corrected chi connectivity index (χ4v) is 0.958. The predicted molar refractivity (Wildman–Crippen MR) is 51.6 cm³/mol. The largest absolute Gasteiger partial charge is 0.278 e. The molecule has 0 amide bonds. The van der Waals surface area contributed by atoms with Gasteiger partial charge >= 0.3 is 0 Å². The van der Waals surface area contributed by atoms with Gasteiger partial charge in [0.25, 0.3) is 0 Å². The summed E-state index contributed by atoms with van der Waals surface area (Å²) in [6.45, 7) is 5.63. The van der Waals surface area contributed by atoms with Gasteiger partial charge in [-0.3, -0.25) is 5.10 Å². The first-order valence-electron chi connectivity index (χ1n) is 3.83. The van der Waals surface area contributed by atoms with E-state index in [1.54, 1.807) is 12.3 Å². The number of H-pyrrole nitrogens is 1. The molecule has 0 aliphatic heterocycles. The van der Waals surface area contributed by atoms with Gasteiger partial charge in [0.2, 0.25) is 0 Å². The maximum absolute atomic E-state index is 3.87. The fraction of sp³-hybridized carbons (Fsp3) is 0.100. The Kier molecular flexibility index (Phi) is 3.08. The van der Waals surface area contributed by atoms with E-state index in [1.807, 2.05) is 31.2 Å². The highest BCUT2D eigenvalue weighted by Crippen LogP contribution is 2.11. The van der Waals surface area contributed by atoms with Gasteiger partial charge in [-0.2, -0.15) is 5.10 Å². The van der Waals surface area contributed by atoms with Crippen LogP contribution in [0.3, 0.4) is 0 Å². The summed E-state index contributed by atoms with van der Waals surface area (Å²) in [6.07, 6.45) is 9.42. The van der Waals surface area contributed by atoms with E-state index in [2.05, 4.69) is 16.8 Å². The SMILES string of the molecule is C=C/C=C(\C=C/C)c1ccn[nH]1. The summed E-state index contributed by atoms with van der Waals surface area (Å²) in [5.41, 5.74) is 2.10. The summed E-state index contributed by atoms with van der Waals surface area (Å²) in [6, 6.07) is 1.93. The molecule has 0 aliphatic carbocycles. The third kappa shape index (κ3) is 1.95. The Morgan fingerprint density at radius 1 is 1.67 bits per heavy atom. The van der Waals surface area contributed by atoms with E-state index in [0.717, 1.165) is 11.3 Å². The molecule has 12 heavy (non-hydrogen) atoms. The molecule has 0 saturated carbocycles. The van der Waals surface area contributed by atoms with Gasteiger partial charge < -0.3 is 0 Å². The van der Waals surface area contributed by atoms with Gasteiger partial charge in [-0.15, -0.1) is 0 Å². The van der Waals surface area contributed by atoms with Crippen LogP contribution in [-0.4, -0.2) is 10.2 Å². The van der Waals surface area contributed by atoms with Crippen molar-refractivity contribution in [1.82, 2.24) is 10.2 Å². The number of rotatable bonds is 3. The van der Waals surface area contributed by atoms with Crippen LogP contribution in [-0.2, 0) is 0 Å². The van der Waals surface area contributed by atoms with Crippen LogP contribution in [0.4, 0.5) is 0 Å². The van der Waals surface area contributed by atoms with Crippen LogP contribution < -0.4 is 0 Å². The molecule has 1 aromatic rings. The van der Waals surface area contributed by atoms with Crippen molar-refractivity contribution in [2.24, 2.45) is 0 Å². The zero-order valence-corrected chi connectivity index (χ0v) is 7.12. The lowest BCUT2D eigenvalue weighted by atomic mass is 10.1. The Balaban J connectivity index is 2.95. The molecule has 0 spiro atoms. The smallest absolute Gasteiger partial charge is 0.0649 e. The van der Waals surface area contributed by atoms with Crippen LogP contribution in [0.2, 0.25) is 0 Å². The quantitative estimate of drug-likeness (QED) is 0.676. The highest BCUT2D eigenvalue weighted by molar-refractivity contribution is 5.72. The van der Waals surface area contributed by atoms with Gasteiger partial charge in [-0.05, 0) is 18.6 Å². The second kappa shape index (κ2) is 4.34. The zero-order valence-electron chi connectivity index (χ0n) is 7.12. The number of hydrogen-bond donors (Lipinski definition) is 1. The van der Waals surface area contributed by atoms with Crippen molar-refractivity contribution in [2.75, 3.05) is 0 Å². The Morgan fingerprint density at radius 3 is 3.00 bits per heavy atom. The van der Waals surface area contributed by atoms with Gasteiger partial charge in [-0.1, -0.05) is 30.9 Å². The van der Waals surface area contributed by atoms with E-state index in [4.69, 9.17) is 0 Å². The number of nitrogens with one attached hydrogen (secondary N) is 1. The van der Waals surface area contributed by atoms with Crippen molar-refractivity contribution in [3.63, 3.8) is 0 Å². The average Bonchev–Trinajstić information content (AvgIpc) is 2.56. The highest BCUT2D eigenvalue weighted by atomic mass is 15.1. The van der Waals surface area contributed by atoms with Gasteiger partial charge in [0.05, 0.1) is 5.69 Å². The van der Waals surface area contributed by atoms with Crippen LogP contribution in [0.15, 0.2) is 43.1 Å². The van der Waals surface area contributed by atoms with Crippen LogP contribution in [0.5, 0.6) is 0 Å². The van der Waals surface area contributed by atoms with Crippen molar-refractivity contribution >= 4 is 5.57 Å². The van der Waals surface area contributed by atoms with E-state index in [0.29, 0.717) is 0 Å². The van der Waals surface area contributed by atoms with E-state index < -0.39 is 0 Å². The Labute approximate surface area is 72.3 Å². The highest BCUT2D eigenvalue weighted by Gasteiger charge is 1.95. The molecule has 2 nitrogen and oxygen atoms in total. The first-order valence-corrected chi connectivity index (χ1v) is 3.83. The third-order valence-corrected chi connectivity index (χ3v) is 1.46. The molecule has 0 fully saturated rings. The Hall–Kier alpha value is -1.57. The molecule has 0 unspecified atom stereocenters. The number of nitrogens with zero attached hydrogens (tertiary/aromatic N) is 1. The Bertz CT molecular complexity index is 292. The number of hydrogen-bond acceptors (Lipinski definition) is 1. The van der Waals surface area contributed by atoms with Crippen molar-refractivity contribution in [2.45, 2.75) is 6.92 Å². The molecular formula is C10H12N2. The maximum Gasteiger partial charge on any atom is 0.0649 e. The first-order chi connectivity index (χ1) is 5.88. The third-order valence-electron chi connectivity index (χ3n) is 1.46. The molecule has 0 aromatic carbocycles. The van der Waals surface area contributed by atoms with E-state index in [-0.39, 0.29) is 0 Å². The predicted octanol–water partition coefficient (Wildman–Crippen LogP) is 2.56. The minimum Gasteiger partial charge on any atom is -0.278 e. The lowest BCUT2D eigenvalue weighted by Crippen LogP contribution is -1.79.